The van der Waals surface area contributed by atoms with Crippen molar-refractivity contribution in [3.8, 4) is 0 Å². The molecule has 1 heterocycles. The minimum atomic E-state index is -0.978. The summed E-state index contributed by atoms with van der Waals surface area (Å²) in [5.41, 5.74) is -0.713. The molecular formula is C15H19BrFNO3. The van der Waals surface area contributed by atoms with Crippen LogP contribution < -0.4 is 0 Å². The Kier molecular flexibility index (Phi) is 4.31. The molecule has 1 aliphatic rings. The Morgan fingerprint density at radius 2 is 2.10 bits per heavy atom. The van der Waals surface area contributed by atoms with E-state index in [1.807, 2.05) is 0 Å². The van der Waals surface area contributed by atoms with Crippen molar-refractivity contribution < 1.29 is 19.0 Å². The van der Waals surface area contributed by atoms with Crippen LogP contribution in [-0.4, -0.2) is 40.4 Å². The summed E-state index contributed by atoms with van der Waals surface area (Å²) in [6.45, 7) is 5.83. The van der Waals surface area contributed by atoms with Gasteiger partial charge in [0.15, 0.2) is 0 Å². The lowest BCUT2D eigenvalue weighted by Crippen LogP contribution is -2.65. The zero-order valence-electron chi connectivity index (χ0n) is 12.3. The predicted octanol–water partition coefficient (Wildman–Crippen LogP) is 3.11. The number of nitrogens with zero attached hydrogens (tertiary/aromatic N) is 1. The van der Waals surface area contributed by atoms with Crippen LogP contribution in [0.5, 0.6) is 0 Å². The smallest absolute Gasteiger partial charge is 0.410 e. The monoisotopic (exact) mass is 359 g/mol. The highest BCUT2D eigenvalue weighted by Gasteiger charge is 2.45. The van der Waals surface area contributed by atoms with Crippen LogP contribution in [0.2, 0.25) is 0 Å². The number of aliphatic hydroxyl groups is 1. The van der Waals surface area contributed by atoms with Crippen molar-refractivity contribution in [2.75, 3.05) is 13.1 Å². The Bertz CT molecular complexity index is 550. The van der Waals surface area contributed by atoms with Crippen molar-refractivity contribution in [3.63, 3.8) is 0 Å². The van der Waals surface area contributed by atoms with Crippen molar-refractivity contribution in [2.24, 2.45) is 0 Å². The first-order valence-corrected chi connectivity index (χ1v) is 7.52. The molecular weight excluding hydrogens is 341 g/mol. The molecule has 1 aliphatic heterocycles. The van der Waals surface area contributed by atoms with Crippen LogP contribution >= 0.6 is 15.9 Å². The zero-order valence-corrected chi connectivity index (χ0v) is 13.9. The van der Waals surface area contributed by atoms with E-state index in [1.54, 1.807) is 32.9 Å². The summed E-state index contributed by atoms with van der Waals surface area (Å²) < 4.78 is 18.8. The highest BCUT2D eigenvalue weighted by Crippen LogP contribution is 2.28. The average molecular weight is 360 g/mol. The van der Waals surface area contributed by atoms with E-state index in [9.17, 15) is 14.3 Å². The molecule has 1 amide bonds. The van der Waals surface area contributed by atoms with Gasteiger partial charge < -0.3 is 14.7 Å². The standard InChI is InChI=1S/C15H19BrFNO3/c1-14(2,3)21-13(19)18-8-15(20,9-18)7-10-4-5-12(17)11(16)6-10/h4-6,20H,7-9H2,1-3H3. The zero-order chi connectivity index (χ0) is 15.8. The molecule has 1 fully saturated rings. The van der Waals surface area contributed by atoms with Crippen LogP contribution in [-0.2, 0) is 11.2 Å². The number of amides is 1. The van der Waals surface area contributed by atoms with Crippen LogP contribution in [0.3, 0.4) is 0 Å². The predicted molar refractivity (Wildman–Crippen MR) is 80.6 cm³/mol. The van der Waals surface area contributed by atoms with Crippen molar-refractivity contribution >= 4 is 22.0 Å². The lowest BCUT2D eigenvalue weighted by atomic mass is 9.87. The first-order valence-electron chi connectivity index (χ1n) is 6.72. The van der Waals surface area contributed by atoms with Crippen molar-refractivity contribution in [1.29, 1.82) is 0 Å². The number of ether oxygens (including phenoxy) is 1. The van der Waals surface area contributed by atoms with Gasteiger partial charge in [0.05, 0.1) is 17.6 Å². The fourth-order valence-corrected chi connectivity index (χ4v) is 2.69. The van der Waals surface area contributed by atoms with E-state index in [4.69, 9.17) is 4.74 Å². The molecule has 0 radical (unpaired) electrons. The number of rotatable bonds is 2. The number of carbonyl (C=O) groups excluding carboxylic acids is 1. The van der Waals surface area contributed by atoms with E-state index in [1.165, 1.54) is 11.0 Å². The normalized spacial score (nSPS) is 17.3. The molecule has 0 atom stereocenters. The van der Waals surface area contributed by atoms with Crippen LogP contribution in [0.1, 0.15) is 26.3 Å². The van der Waals surface area contributed by atoms with Gasteiger partial charge in [0.1, 0.15) is 17.0 Å². The lowest BCUT2D eigenvalue weighted by molar-refractivity contribution is -0.0973. The van der Waals surface area contributed by atoms with Gasteiger partial charge in [0, 0.05) is 6.42 Å². The summed E-state index contributed by atoms with van der Waals surface area (Å²) in [6, 6.07) is 4.63. The molecule has 21 heavy (non-hydrogen) atoms. The minimum Gasteiger partial charge on any atom is -0.444 e. The molecule has 0 aromatic heterocycles. The van der Waals surface area contributed by atoms with Gasteiger partial charge >= 0.3 is 6.09 Å². The van der Waals surface area contributed by atoms with Crippen LogP contribution in [0.25, 0.3) is 0 Å². The molecule has 116 valence electrons. The number of hydrogen-bond donors (Lipinski definition) is 1. The van der Waals surface area contributed by atoms with Gasteiger partial charge in [-0.2, -0.15) is 0 Å². The Balaban J connectivity index is 1.92. The molecule has 0 spiro atoms. The summed E-state index contributed by atoms with van der Waals surface area (Å²) in [5.74, 6) is -0.338. The maximum Gasteiger partial charge on any atom is 0.410 e. The van der Waals surface area contributed by atoms with E-state index in [-0.39, 0.29) is 18.9 Å². The second-order valence-corrected chi connectivity index (χ2v) is 7.34. The van der Waals surface area contributed by atoms with E-state index >= 15 is 0 Å². The van der Waals surface area contributed by atoms with Gasteiger partial charge in [-0.3, -0.25) is 0 Å². The molecule has 6 heteroatoms. The van der Waals surface area contributed by atoms with Gasteiger partial charge in [0.2, 0.25) is 0 Å². The van der Waals surface area contributed by atoms with Gasteiger partial charge in [-0.15, -0.1) is 0 Å². The quantitative estimate of drug-likeness (QED) is 0.882. The Hall–Kier alpha value is -1.14. The average Bonchev–Trinajstić information content (AvgIpc) is 2.28. The minimum absolute atomic E-state index is 0.219. The summed E-state index contributed by atoms with van der Waals surface area (Å²) in [7, 11) is 0. The van der Waals surface area contributed by atoms with Crippen LogP contribution in [0.15, 0.2) is 22.7 Å². The maximum atomic E-state index is 13.2. The van der Waals surface area contributed by atoms with Gasteiger partial charge in [-0.1, -0.05) is 6.07 Å². The SMILES string of the molecule is CC(C)(C)OC(=O)N1CC(O)(Cc2ccc(F)c(Br)c2)C1. The number of likely N-dealkylation sites (tertiary alicyclic amines) is 1. The fraction of sp³-hybridized carbons (Fsp3) is 0.533. The second-order valence-electron chi connectivity index (χ2n) is 6.49. The Labute approximate surface area is 132 Å². The highest BCUT2D eigenvalue weighted by atomic mass is 79.9. The van der Waals surface area contributed by atoms with Crippen molar-refractivity contribution in [2.45, 2.75) is 38.4 Å². The molecule has 1 saturated heterocycles. The maximum absolute atomic E-state index is 13.2. The number of hydrogen-bond acceptors (Lipinski definition) is 3. The number of benzene rings is 1. The van der Waals surface area contributed by atoms with E-state index in [0.29, 0.717) is 10.9 Å². The topological polar surface area (TPSA) is 49.8 Å². The molecule has 1 aromatic carbocycles. The van der Waals surface area contributed by atoms with Crippen LogP contribution in [0, 0.1) is 5.82 Å². The first-order chi connectivity index (χ1) is 9.58. The van der Waals surface area contributed by atoms with Crippen molar-refractivity contribution in [1.82, 2.24) is 4.90 Å². The molecule has 4 nitrogen and oxygen atoms in total. The summed E-state index contributed by atoms with van der Waals surface area (Å²) in [6.07, 6.45) is -0.0574. The number of carbonyl (C=O) groups is 1. The third-order valence-corrected chi connectivity index (χ3v) is 3.75. The van der Waals surface area contributed by atoms with E-state index in [0.717, 1.165) is 5.56 Å². The molecule has 0 saturated carbocycles. The molecule has 0 bridgehead atoms. The third-order valence-electron chi connectivity index (χ3n) is 3.14. The third kappa shape index (κ3) is 4.17. The molecule has 2 rings (SSSR count). The Morgan fingerprint density at radius 1 is 1.48 bits per heavy atom. The summed E-state index contributed by atoms with van der Waals surface area (Å²) in [5, 5.41) is 10.4. The molecule has 1 N–H and O–H groups in total. The van der Waals surface area contributed by atoms with Crippen LogP contribution in [0.4, 0.5) is 9.18 Å². The lowest BCUT2D eigenvalue weighted by Gasteiger charge is -2.46. The molecule has 0 unspecified atom stereocenters. The summed E-state index contributed by atoms with van der Waals surface area (Å²) in [4.78, 5) is 13.3. The van der Waals surface area contributed by atoms with E-state index < -0.39 is 17.3 Å². The number of β-amino-alcohol motifs (C(OH)–C–C–N with tert-alkyl or cyclic N) is 1. The fourth-order valence-electron chi connectivity index (χ4n) is 2.26. The largest absolute Gasteiger partial charge is 0.444 e. The molecule has 0 aliphatic carbocycles. The van der Waals surface area contributed by atoms with Gasteiger partial charge in [0.25, 0.3) is 0 Å². The van der Waals surface area contributed by atoms with Gasteiger partial charge in [-0.05, 0) is 54.4 Å². The van der Waals surface area contributed by atoms with Gasteiger partial charge in [-0.25, -0.2) is 9.18 Å². The number of halogens is 2. The second kappa shape index (κ2) is 5.57. The summed E-state index contributed by atoms with van der Waals surface area (Å²) >= 11 is 3.12. The highest BCUT2D eigenvalue weighted by molar-refractivity contribution is 9.10. The Morgan fingerprint density at radius 3 is 2.62 bits per heavy atom. The van der Waals surface area contributed by atoms with Crippen molar-refractivity contribution in [3.05, 3.63) is 34.1 Å². The molecule has 1 aromatic rings. The van der Waals surface area contributed by atoms with E-state index in [2.05, 4.69) is 15.9 Å². The first kappa shape index (κ1) is 16.2.